The number of para-hydroxylation sites is 2. The lowest BCUT2D eigenvalue weighted by molar-refractivity contribution is 0.0956. The van der Waals surface area contributed by atoms with Crippen LogP contribution in [0.25, 0.3) is 0 Å². The van der Waals surface area contributed by atoms with Gasteiger partial charge in [-0.3, -0.25) is 0 Å². The van der Waals surface area contributed by atoms with Gasteiger partial charge in [-0.1, -0.05) is 64.1 Å². The highest BCUT2D eigenvalue weighted by molar-refractivity contribution is 5.37. The van der Waals surface area contributed by atoms with Crippen molar-refractivity contribution in [3.8, 4) is 11.5 Å². The van der Waals surface area contributed by atoms with Crippen molar-refractivity contribution in [2.45, 2.75) is 52.4 Å². The highest BCUT2D eigenvalue weighted by Crippen LogP contribution is 2.34. The van der Waals surface area contributed by atoms with Gasteiger partial charge in [-0.25, -0.2) is 0 Å². The molecule has 0 aliphatic heterocycles. The van der Waals surface area contributed by atoms with Crippen LogP contribution in [-0.2, 0) is 4.74 Å². The first-order valence-electron chi connectivity index (χ1n) is 10.8. The Balaban J connectivity index is 2.14. The predicted molar refractivity (Wildman–Crippen MR) is 121 cm³/mol. The van der Waals surface area contributed by atoms with Gasteiger partial charge >= 0.3 is 0 Å². The van der Waals surface area contributed by atoms with E-state index in [1.165, 1.54) is 11.1 Å². The van der Waals surface area contributed by atoms with Gasteiger partial charge in [-0.05, 0) is 47.9 Å². The third-order valence-electron chi connectivity index (χ3n) is 5.31. The molecule has 3 heteroatoms. The van der Waals surface area contributed by atoms with Gasteiger partial charge < -0.3 is 14.2 Å². The Bertz CT molecular complexity index is 662. The lowest BCUT2D eigenvalue weighted by Crippen LogP contribution is -2.17. The Hall–Kier alpha value is -2.00. The summed E-state index contributed by atoms with van der Waals surface area (Å²) in [5, 5.41) is 0. The molecule has 3 nitrogen and oxygen atoms in total. The SMILES string of the molecule is COc1ccccc1C(COCC(CC(C)C)c1ccccc1OC)CC(C)C. The van der Waals surface area contributed by atoms with Gasteiger partial charge in [0.15, 0.2) is 0 Å². The van der Waals surface area contributed by atoms with Crippen LogP contribution < -0.4 is 9.47 Å². The predicted octanol–water partition coefficient (Wildman–Crippen LogP) is 6.68. The van der Waals surface area contributed by atoms with Crippen LogP contribution in [0.1, 0.15) is 63.5 Å². The molecule has 29 heavy (non-hydrogen) atoms. The first kappa shape index (κ1) is 23.3. The number of hydrogen-bond donors (Lipinski definition) is 0. The standard InChI is InChI=1S/C26H38O3/c1-19(2)15-21(23-11-7-9-13-25(23)27-5)17-29-18-22(16-20(3)4)24-12-8-10-14-26(24)28-6/h7-14,19-22H,15-18H2,1-6H3. The molecule has 0 bridgehead atoms. The Labute approximate surface area is 177 Å². The van der Waals surface area contributed by atoms with Crippen molar-refractivity contribution in [2.75, 3.05) is 27.4 Å². The molecule has 2 unspecified atom stereocenters. The van der Waals surface area contributed by atoms with Crippen molar-refractivity contribution < 1.29 is 14.2 Å². The Morgan fingerprint density at radius 3 is 1.34 bits per heavy atom. The molecule has 2 atom stereocenters. The molecule has 0 fully saturated rings. The van der Waals surface area contributed by atoms with E-state index >= 15 is 0 Å². The van der Waals surface area contributed by atoms with E-state index in [4.69, 9.17) is 14.2 Å². The third kappa shape index (κ3) is 7.08. The van der Waals surface area contributed by atoms with Gasteiger partial charge in [-0.15, -0.1) is 0 Å². The minimum absolute atomic E-state index is 0.323. The van der Waals surface area contributed by atoms with Crippen molar-refractivity contribution in [2.24, 2.45) is 11.8 Å². The van der Waals surface area contributed by atoms with E-state index in [1.54, 1.807) is 14.2 Å². The molecule has 2 rings (SSSR count). The molecule has 0 N–H and O–H groups in total. The van der Waals surface area contributed by atoms with Crippen LogP contribution in [0.5, 0.6) is 11.5 Å². The van der Waals surface area contributed by atoms with E-state index in [0.29, 0.717) is 36.9 Å². The largest absolute Gasteiger partial charge is 0.496 e. The zero-order chi connectivity index (χ0) is 21.2. The van der Waals surface area contributed by atoms with Crippen molar-refractivity contribution >= 4 is 0 Å². The van der Waals surface area contributed by atoms with Gasteiger partial charge in [0.05, 0.1) is 27.4 Å². The topological polar surface area (TPSA) is 27.7 Å². The lowest BCUT2D eigenvalue weighted by atomic mass is 9.89. The molecule has 0 amide bonds. The minimum Gasteiger partial charge on any atom is -0.496 e. The Morgan fingerprint density at radius 2 is 1.00 bits per heavy atom. The smallest absolute Gasteiger partial charge is 0.122 e. The molecule has 0 spiro atoms. The van der Waals surface area contributed by atoms with Crippen LogP contribution in [0.4, 0.5) is 0 Å². The molecule has 2 aromatic rings. The van der Waals surface area contributed by atoms with E-state index in [0.717, 1.165) is 24.3 Å². The zero-order valence-electron chi connectivity index (χ0n) is 19.0. The second-order valence-electron chi connectivity index (χ2n) is 8.67. The number of rotatable bonds is 12. The van der Waals surface area contributed by atoms with Crippen LogP contribution in [0.2, 0.25) is 0 Å². The van der Waals surface area contributed by atoms with Gasteiger partial charge in [0.25, 0.3) is 0 Å². The fourth-order valence-electron chi connectivity index (χ4n) is 4.07. The second kappa shape index (κ2) is 11.9. The maximum absolute atomic E-state index is 6.36. The van der Waals surface area contributed by atoms with Crippen molar-refractivity contribution in [3.63, 3.8) is 0 Å². The van der Waals surface area contributed by atoms with Crippen LogP contribution in [-0.4, -0.2) is 27.4 Å². The first-order valence-corrected chi connectivity index (χ1v) is 10.8. The Morgan fingerprint density at radius 1 is 0.621 bits per heavy atom. The van der Waals surface area contributed by atoms with Crippen LogP contribution in [0.3, 0.4) is 0 Å². The summed E-state index contributed by atoms with van der Waals surface area (Å²) in [6.45, 7) is 10.4. The highest BCUT2D eigenvalue weighted by Gasteiger charge is 2.21. The van der Waals surface area contributed by atoms with E-state index in [9.17, 15) is 0 Å². The molecule has 0 saturated carbocycles. The summed E-state index contributed by atoms with van der Waals surface area (Å²) >= 11 is 0. The summed E-state index contributed by atoms with van der Waals surface area (Å²) in [5.41, 5.74) is 2.47. The summed E-state index contributed by atoms with van der Waals surface area (Å²) in [6, 6.07) is 16.6. The van der Waals surface area contributed by atoms with Gasteiger partial charge in [0.1, 0.15) is 11.5 Å². The molecule has 160 valence electrons. The minimum atomic E-state index is 0.323. The lowest BCUT2D eigenvalue weighted by Gasteiger charge is -2.25. The molecule has 0 heterocycles. The van der Waals surface area contributed by atoms with Gasteiger partial charge in [0, 0.05) is 11.8 Å². The van der Waals surface area contributed by atoms with Crippen molar-refractivity contribution in [1.82, 2.24) is 0 Å². The Kier molecular flexibility index (Phi) is 9.53. The molecule has 0 aliphatic carbocycles. The van der Waals surface area contributed by atoms with Crippen LogP contribution >= 0.6 is 0 Å². The number of benzene rings is 2. The summed E-state index contributed by atoms with van der Waals surface area (Å²) in [6.07, 6.45) is 2.15. The van der Waals surface area contributed by atoms with Crippen molar-refractivity contribution in [1.29, 1.82) is 0 Å². The monoisotopic (exact) mass is 398 g/mol. The fourth-order valence-corrected chi connectivity index (χ4v) is 4.07. The second-order valence-corrected chi connectivity index (χ2v) is 8.67. The first-order chi connectivity index (χ1) is 14.0. The van der Waals surface area contributed by atoms with E-state index in [2.05, 4.69) is 52.0 Å². The number of hydrogen-bond acceptors (Lipinski definition) is 3. The van der Waals surface area contributed by atoms with Gasteiger partial charge in [0.2, 0.25) is 0 Å². The molecular weight excluding hydrogens is 360 g/mol. The van der Waals surface area contributed by atoms with E-state index in [1.807, 2.05) is 24.3 Å². The normalized spacial score (nSPS) is 13.5. The quantitative estimate of drug-likeness (QED) is 0.399. The molecule has 2 aromatic carbocycles. The summed E-state index contributed by atoms with van der Waals surface area (Å²) in [5.74, 6) is 3.73. The maximum atomic E-state index is 6.36. The molecule has 0 aliphatic rings. The molecule has 0 saturated heterocycles. The summed E-state index contributed by atoms with van der Waals surface area (Å²) < 4.78 is 17.6. The van der Waals surface area contributed by atoms with Crippen LogP contribution in [0, 0.1) is 11.8 Å². The molecular formula is C26H38O3. The number of methoxy groups -OCH3 is 2. The van der Waals surface area contributed by atoms with Crippen LogP contribution in [0.15, 0.2) is 48.5 Å². The average Bonchev–Trinajstić information content (AvgIpc) is 2.71. The fraction of sp³-hybridized carbons (Fsp3) is 0.538. The van der Waals surface area contributed by atoms with Crippen molar-refractivity contribution in [3.05, 3.63) is 59.7 Å². The molecule has 0 radical (unpaired) electrons. The van der Waals surface area contributed by atoms with Gasteiger partial charge in [-0.2, -0.15) is 0 Å². The highest BCUT2D eigenvalue weighted by atomic mass is 16.5. The average molecular weight is 399 g/mol. The maximum Gasteiger partial charge on any atom is 0.122 e. The molecule has 0 aromatic heterocycles. The van der Waals surface area contributed by atoms with E-state index < -0.39 is 0 Å². The number of ether oxygens (including phenoxy) is 3. The van der Waals surface area contributed by atoms with E-state index in [-0.39, 0.29) is 0 Å². The zero-order valence-corrected chi connectivity index (χ0v) is 19.0. The summed E-state index contributed by atoms with van der Waals surface area (Å²) in [4.78, 5) is 0. The third-order valence-corrected chi connectivity index (χ3v) is 5.31. The summed E-state index contributed by atoms with van der Waals surface area (Å²) in [7, 11) is 3.49.